The lowest BCUT2D eigenvalue weighted by molar-refractivity contribution is 0.00446. The Morgan fingerprint density at radius 3 is 2.45 bits per heavy atom. The Morgan fingerprint density at radius 2 is 1.77 bits per heavy atom. The number of ether oxygens (including phenoxy) is 1. The number of aliphatic hydroxyl groups is 3. The molecule has 0 amide bonds. The second-order valence-corrected chi connectivity index (χ2v) is 10.6. The Hall–Kier alpha value is -3.73. The molecule has 1 aromatic carbocycles. The molecule has 1 aliphatic rings. The van der Waals surface area contributed by atoms with Gasteiger partial charge in [-0.3, -0.25) is 0 Å². The summed E-state index contributed by atoms with van der Waals surface area (Å²) in [7, 11) is 0. The van der Waals surface area contributed by atoms with Crippen LogP contribution in [0.25, 0.3) is 22.3 Å². The molecule has 5 atom stereocenters. The average molecular weight is 548 g/mol. The molecular formula is C30H37N5O5. The van der Waals surface area contributed by atoms with E-state index in [-0.39, 0.29) is 12.6 Å². The van der Waals surface area contributed by atoms with Crippen LogP contribution >= 0.6 is 0 Å². The predicted octanol–water partition coefficient (Wildman–Crippen LogP) is 4.30. The van der Waals surface area contributed by atoms with Crippen molar-refractivity contribution in [2.45, 2.75) is 65.3 Å². The number of hydrogen-bond donors (Lipinski definition) is 5. The fourth-order valence-corrected chi connectivity index (χ4v) is 5.31. The molecule has 5 N–H and O–H groups in total. The topological polar surface area (TPSA) is 146 Å². The summed E-state index contributed by atoms with van der Waals surface area (Å²) in [4.78, 5) is 14.1. The molecule has 0 bridgehead atoms. The fraction of sp³-hybridized carbons (Fsp3) is 0.433. The van der Waals surface area contributed by atoms with Crippen molar-refractivity contribution in [2.24, 2.45) is 5.92 Å². The number of pyridine rings is 1. The number of fused-ring (bicyclic) bond motifs is 1. The van der Waals surface area contributed by atoms with Crippen LogP contribution in [0.3, 0.4) is 0 Å². The van der Waals surface area contributed by atoms with E-state index in [1.165, 1.54) is 5.56 Å². The molecule has 10 nitrogen and oxygen atoms in total. The van der Waals surface area contributed by atoms with Gasteiger partial charge in [-0.15, -0.1) is 0 Å². The highest BCUT2D eigenvalue weighted by Gasteiger charge is 2.41. The lowest BCUT2D eigenvalue weighted by atomic mass is 10.1. The van der Waals surface area contributed by atoms with E-state index in [0.717, 1.165) is 10.9 Å². The van der Waals surface area contributed by atoms with E-state index in [4.69, 9.17) is 19.1 Å². The number of aryl methyl sites for hydroxylation is 3. The summed E-state index contributed by atoms with van der Waals surface area (Å²) in [6, 6.07) is 11.4. The summed E-state index contributed by atoms with van der Waals surface area (Å²) >= 11 is 0. The summed E-state index contributed by atoms with van der Waals surface area (Å²) in [5.74, 6) is 1.49. The number of hydrogen-bond acceptors (Lipinski definition) is 10. The van der Waals surface area contributed by atoms with Crippen LogP contribution in [0.2, 0.25) is 0 Å². The molecule has 0 aliphatic heterocycles. The third-order valence-corrected chi connectivity index (χ3v) is 7.56. The van der Waals surface area contributed by atoms with Crippen molar-refractivity contribution in [3.63, 3.8) is 0 Å². The van der Waals surface area contributed by atoms with E-state index in [0.29, 0.717) is 59.0 Å². The number of benzene rings is 1. The summed E-state index contributed by atoms with van der Waals surface area (Å²) in [6.07, 6.45) is -1.73. The van der Waals surface area contributed by atoms with E-state index in [1.807, 2.05) is 46.8 Å². The van der Waals surface area contributed by atoms with Crippen LogP contribution in [0.5, 0.6) is 5.88 Å². The van der Waals surface area contributed by atoms with Gasteiger partial charge in [0, 0.05) is 24.0 Å². The maximum absolute atomic E-state index is 10.7. The van der Waals surface area contributed by atoms with Gasteiger partial charge in [-0.2, -0.15) is 4.98 Å². The monoisotopic (exact) mass is 547 g/mol. The zero-order valence-electron chi connectivity index (χ0n) is 23.5. The Morgan fingerprint density at radius 1 is 1.02 bits per heavy atom. The Bertz CT molecular complexity index is 1490. The van der Waals surface area contributed by atoms with Gasteiger partial charge in [0.1, 0.15) is 17.7 Å². The highest BCUT2D eigenvalue weighted by Crippen LogP contribution is 2.38. The number of furan rings is 1. The lowest BCUT2D eigenvalue weighted by Gasteiger charge is -2.22. The molecule has 0 radical (unpaired) electrons. The summed E-state index contributed by atoms with van der Waals surface area (Å²) in [6.45, 7) is 10.0. The SMILES string of the molecule is CCOc1cc2cc(-c3c(C)nc(NC(C)c4ccc(C)cc4)nc3NC3CC(CO)C(O)C3O)oc2c(C)n1. The van der Waals surface area contributed by atoms with Gasteiger partial charge in [0.15, 0.2) is 5.58 Å². The average Bonchev–Trinajstić information content (AvgIpc) is 3.45. The highest BCUT2D eigenvalue weighted by atomic mass is 16.5. The van der Waals surface area contributed by atoms with Crippen LogP contribution in [0, 0.1) is 26.7 Å². The standard InChI is InChI=1S/C30H37N5O5/c1-6-39-24-13-20-12-23(40-28(20)18(5)31-24)25-17(4)33-30(32-16(3)19-9-7-15(2)8-10-19)35-29(25)34-22-11-21(14-36)26(37)27(22)38/h7-10,12-13,16,21-22,26-27,36-38H,6,11,14H2,1-5H3,(H2,32,33,34,35). The molecule has 40 heavy (non-hydrogen) atoms. The maximum Gasteiger partial charge on any atom is 0.225 e. The van der Waals surface area contributed by atoms with Gasteiger partial charge in [0.25, 0.3) is 0 Å². The molecule has 1 aliphatic carbocycles. The zero-order valence-corrected chi connectivity index (χ0v) is 23.5. The first-order valence-corrected chi connectivity index (χ1v) is 13.7. The minimum Gasteiger partial charge on any atom is -0.478 e. The van der Waals surface area contributed by atoms with Gasteiger partial charge in [-0.05, 0) is 52.7 Å². The first-order valence-electron chi connectivity index (χ1n) is 13.7. The van der Waals surface area contributed by atoms with E-state index in [9.17, 15) is 15.3 Å². The summed E-state index contributed by atoms with van der Waals surface area (Å²) in [5, 5.41) is 38.4. The molecule has 0 saturated heterocycles. The molecule has 1 saturated carbocycles. The van der Waals surface area contributed by atoms with E-state index in [2.05, 4.69) is 39.9 Å². The van der Waals surface area contributed by atoms with E-state index >= 15 is 0 Å². The molecule has 5 rings (SSSR count). The third-order valence-electron chi connectivity index (χ3n) is 7.56. The molecule has 3 aromatic heterocycles. The van der Waals surface area contributed by atoms with Crippen molar-refractivity contribution < 1.29 is 24.5 Å². The van der Waals surface area contributed by atoms with Crippen molar-refractivity contribution in [1.82, 2.24) is 15.0 Å². The van der Waals surface area contributed by atoms with E-state index in [1.54, 1.807) is 0 Å². The van der Waals surface area contributed by atoms with Crippen LogP contribution in [-0.4, -0.2) is 61.7 Å². The quantitative estimate of drug-likeness (QED) is 0.206. The van der Waals surface area contributed by atoms with Crippen molar-refractivity contribution in [3.05, 3.63) is 58.9 Å². The van der Waals surface area contributed by atoms with Gasteiger partial charge in [0.05, 0.1) is 41.7 Å². The van der Waals surface area contributed by atoms with Gasteiger partial charge in [-0.1, -0.05) is 29.8 Å². The largest absolute Gasteiger partial charge is 0.478 e. The number of nitrogens with one attached hydrogen (secondary N) is 2. The number of aliphatic hydroxyl groups excluding tert-OH is 3. The first-order chi connectivity index (χ1) is 19.2. The molecule has 212 valence electrons. The fourth-order valence-electron chi connectivity index (χ4n) is 5.31. The van der Waals surface area contributed by atoms with Gasteiger partial charge in [0.2, 0.25) is 11.8 Å². The summed E-state index contributed by atoms with van der Waals surface area (Å²) in [5.41, 5.74) is 4.91. The number of rotatable bonds is 9. The molecule has 1 fully saturated rings. The Labute approximate surface area is 233 Å². The van der Waals surface area contributed by atoms with Crippen molar-refractivity contribution in [3.8, 4) is 17.2 Å². The lowest BCUT2D eigenvalue weighted by Crippen LogP contribution is -2.35. The highest BCUT2D eigenvalue weighted by molar-refractivity contribution is 5.88. The normalized spacial score (nSPS) is 21.5. The Kier molecular flexibility index (Phi) is 7.93. The molecule has 5 unspecified atom stereocenters. The van der Waals surface area contributed by atoms with Crippen LogP contribution < -0.4 is 15.4 Å². The molecule has 3 heterocycles. The van der Waals surface area contributed by atoms with E-state index < -0.39 is 24.2 Å². The molecule has 0 spiro atoms. The molecular weight excluding hydrogens is 510 g/mol. The Balaban J connectivity index is 1.55. The smallest absolute Gasteiger partial charge is 0.225 e. The van der Waals surface area contributed by atoms with Crippen LogP contribution in [0.4, 0.5) is 11.8 Å². The number of aromatic nitrogens is 3. The van der Waals surface area contributed by atoms with Gasteiger partial charge >= 0.3 is 0 Å². The molecule has 4 aromatic rings. The minimum absolute atomic E-state index is 0.0618. The van der Waals surface area contributed by atoms with Crippen LogP contribution in [-0.2, 0) is 0 Å². The van der Waals surface area contributed by atoms with Crippen LogP contribution in [0.1, 0.15) is 48.8 Å². The number of nitrogens with zero attached hydrogens (tertiary/aromatic N) is 3. The minimum atomic E-state index is -1.07. The first kappa shape index (κ1) is 27.8. The second kappa shape index (κ2) is 11.4. The van der Waals surface area contributed by atoms with Gasteiger partial charge in [-0.25, -0.2) is 9.97 Å². The predicted molar refractivity (Wildman–Crippen MR) is 154 cm³/mol. The second-order valence-electron chi connectivity index (χ2n) is 10.6. The third kappa shape index (κ3) is 5.47. The summed E-state index contributed by atoms with van der Waals surface area (Å²) < 4.78 is 11.9. The zero-order chi connectivity index (χ0) is 28.6. The van der Waals surface area contributed by atoms with Crippen molar-refractivity contribution >= 4 is 22.7 Å². The molecule has 10 heteroatoms. The number of anilines is 2. The van der Waals surface area contributed by atoms with Crippen molar-refractivity contribution in [2.75, 3.05) is 23.8 Å². The van der Waals surface area contributed by atoms with Crippen molar-refractivity contribution in [1.29, 1.82) is 0 Å². The van der Waals surface area contributed by atoms with Gasteiger partial charge < -0.3 is 35.1 Å². The maximum atomic E-state index is 10.7. The van der Waals surface area contributed by atoms with Crippen LogP contribution in [0.15, 0.2) is 40.8 Å².